The number of nitrogens with zero attached hydrogens (tertiary/aromatic N) is 2. The summed E-state index contributed by atoms with van der Waals surface area (Å²) in [5.41, 5.74) is 1.11. The lowest BCUT2D eigenvalue weighted by atomic mass is 10.0. The number of aromatic amines is 1. The van der Waals surface area contributed by atoms with Crippen LogP contribution in [0.4, 0.5) is 5.82 Å². The van der Waals surface area contributed by atoms with Gasteiger partial charge in [0, 0.05) is 24.8 Å². The minimum Gasteiger partial charge on any atom is -0.462 e. The third-order valence-electron chi connectivity index (χ3n) is 3.97. The summed E-state index contributed by atoms with van der Waals surface area (Å²) in [6.07, 6.45) is 5.31. The van der Waals surface area contributed by atoms with Gasteiger partial charge in [-0.25, -0.2) is 14.8 Å². The lowest BCUT2D eigenvalue weighted by molar-refractivity contribution is 0.0528. The molecule has 118 valence electrons. The molecule has 22 heavy (non-hydrogen) atoms. The number of rotatable bonds is 4. The highest BCUT2D eigenvalue weighted by Crippen LogP contribution is 2.25. The molecule has 3 heterocycles. The van der Waals surface area contributed by atoms with Gasteiger partial charge in [-0.3, -0.25) is 0 Å². The van der Waals surface area contributed by atoms with Crippen LogP contribution >= 0.6 is 0 Å². The Morgan fingerprint density at radius 1 is 1.45 bits per heavy atom. The molecule has 2 atom stereocenters. The zero-order valence-electron chi connectivity index (χ0n) is 12.8. The van der Waals surface area contributed by atoms with Gasteiger partial charge in [0.15, 0.2) is 0 Å². The van der Waals surface area contributed by atoms with Crippen molar-refractivity contribution in [2.45, 2.75) is 38.8 Å². The zero-order chi connectivity index (χ0) is 15.5. The van der Waals surface area contributed by atoms with Crippen molar-refractivity contribution < 1.29 is 9.53 Å². The van der Waals surface area contributed by atoms with E-state index in [2.05, 4.69) is 32.5 Å². The van der Waals surface area contributed by atoms with Crippen LogP contribution in [0, 0.1) is 0 Å². The van der Waals surface area contributed by atoms with Crippen molar-refractivity contribution in [3.05, 3.63) is 18.1 Å². The number of piperidine rings is 1. The second-order valence-corrected chi connectivity index (χ2v) is 5.60. The van der Waals surface area contributed by atoms with Crippen molar-refractivity contribution in [1.82, 2.24) is 20.3 Å². The standard InChI is InChI=1S/C15H21N5O2/c1-3-22-15(21)11-7-17-13-12(11)14(19-8-18-13)20-10-5-4-9(2)16-6-10/h7-10,16H,3-6H2,1-2H3,(H2,17,18,19,20)/t9-,10+/m0/s1. The highest BCUT2D eigenvalue weighted by atomic mass is 16.5. The van der Waals surface area contributed by atoms with Gasteiger partial charge in [0.1, 0.15) is 17.8 Å². The summed E-state index contributed by atoms with van der Waals surface area (Å²) in [6.45, 7) is 5.19. The summed E-state index contributed by atoms with van der Waals surface area (Å²) < 4.78 is 5.10. The molecule has 0 amide bonds. The summed E-state index contributed by atoms with van der Waals surface area (Å²) in [4.78, 5) is 23.6. The maximum absolute atomic E-state index is 12.1. The van der Waals surface area contributed by atoms with Gasteiger partial charge in [-0.05, 0) is 26.7 Å². The van der Waals surface area contributed by atoms with E-state index in [0.29, 0.717) is 41.1 Å². The maximum Gasteiger partial charge on any atom is 0.340 e. The minimum absolute atomic E-state index is 0.291. The van der Waals surface area contributed by atoms with E-state index in [0.717, 1.165) is 19.4 Å². The van der Waals surface area contributed by atoms with E-state index in [1.807, 2.05) is 0 Å². The average molecular weight is 303 g/mol. The highest BCUT2D eigenvalue weighted by Gasteiger charge is 2.22. The van der Waals surface area contributed by atoms with Crippen molar-refractivity contribution in [3.63, 3.8) is 0 Å². The SMILES string of the molecule is CCOC(=O)c1c[nH]c2ncnc(N[C@@H]3CC[C@H](C)NC3)c12. The van der Waals surface area contributed by atoms with Gasteiger partial charge in [0.25, 0.3) is 0 Å². The van der Waals surface area contributed by atoms with E-state index in [1.54, 1.807) is 13.1 Å². The number of nitrogens with one attached hydrogen (secondary N) is 3. The molecule has 0 saturated carbocycles. The van der Waals surface area contributed by atoms with Gasteiger partial charge in [0.05, 0.1) is 17.6 Å². The van der Waals surface area contributed by atoms with E-state index in [4.69, 9.17) is 4.74 Å². The Hall–Kier alpha value is -2.15. The Bertz CT molecular complexity index is 661. The molecule has 0 radical (unpaired) electrons. The molecule has 7 heteroatoms. The first kappa shape index (κ1) is 14.8. The second-order valence-electron chi connectivity index (χ2n) is 5.60. The minimum atomic E-state index is -0.359. The van der Waals surface area contributed by atoms with Gasteiger partial charge in [-0.1, -0.05) is 0 Å². The molecule has 1 fully saturated rings. The van der Waals surface area contributed by atoms with Crippen molar-refractivity contribution in [3.8, 4) is 0 Å². The number of anilines is 1. The van der Waals surface area contributed by atoms with Crippen molar-refractivity contribution >= 4 is 22.8 Å². The number of hydrogen-bond donors (Lipinski definition) is 3. The number of ether oxygens (including phenoxy) is 1. The molecule has 1 aliphatic heterocycles. The molecular weight excluding hydrogens is 282 g/mol. The molecule has 3 rings (SSSR count). The molecule has 1 saturated heterocycles. The molecule has 2 aromatic rings. The van der Waals surface area contributed by atoms with Crippen molar-refractivity contribution in [1.29, 1.82) is 0 Å². The molecule has 3 N–H and O–H groups in total. The molecule has 2 aromatic heterocycles. The Kier molecular flexibility index (Phi) is 4.24. The van der Waals surface area contributed by atoms with Crippen LogP contribution in [0.2, 0.25) is 0 Å². The van der Waals surface area contributed by atoms with E-state index in [-0.39, 0.29) is 5.97 Å². The van der Waals surface area contributed by atoms with Crippen LogP contribution < -0.4 is 10.6 Å². The number of aromatic nitrogens is 3. The molecule has 0 aromatic carbocycles. The fourth-order valence-corrected chi connectivity index (χ4v) is 2.76. The number of carbonyl (C=O) groups excluding carboxylic acids is 1. The third-order valence-corrected chi connectivity index (χ3v) is 3.97. The highest BCUT2D eigenvalue weighted by molar-refractivity contribution is 6.07. The second kappa shape index (κ2) is 6.31. The monoisotopic (exact) mass is 303 g/mol. The molecule has 7 nitrogen and oxygen atoms in total. The fourth-order valence-electron chi connectivity index (χ4n) is 2.76. The first-order chi connectivity index (χ1) is 10.7. The fraction of sp³-hybridized carbons (Fsp3) is 0.533. The first-order valence-electron chi connectivity index (χ1n) is 7.68. The number of fused-ring (bicyclic) bond motifs is 1. The molecule has 0 aliphatic carbocycles. The number of carbonyl (C=O) groups is 1. The quantitative estimate of drug-likeness (QED) is 0.744. The van der Waals surface area contributed by atoms with Crippen LogP contribution in [-0.2, 0) is 4.74 Å². The van der Waals surface area contributed by atoms with Crippen LogP contribution in [0.3, 0.4) is 0 Å². The predicted octanol–water partition coefficient (Wildman–Crippen LogP) is 1.69. The van der Waals surface area contributed by atoms with Crippen molar-refractivity contribution in [2.24, 2.45) is 0 Å². The van der Waals surface area contributed by atoms with E-state index in [9.17, 15) is 4.79 Å². The van der Waals surface area contributed by atoms with Gasteiger partial charge >= 0.3 is 5.97 Å². The van der Waals surface area contributed by atoms with Gasteiger partial charge in [-0.2, -0.15) is 0 Å². The third kappa shape index (κ3) is 2.89. The normalized spacial score (nSPS) is 21.7. The van der Waals surface area contributed by atoms with Crippen LogP contribution in [0.15, 0.2) is 12.5 Å². The lowest BCUT2D eigenvalue weighted by Crippen LogP contribution is -2.43. The zero-order valence-corrected chi connectivity index (χ0v) is 12.8. The largest absolute Gasteiger partial charge is 0.462 e. The first-order valence-corrected chi connectivity index (χ1v) is 7.68. The Morgan fingerprint density at radius 2 is 2.32 bits per heavy atom. The lowest BCUT2D eigenvalue weighted by Gasteiger charge is -2.28. The Labute approximate surface area is 128 Å². The Balaban J connectivity index is 1.88. The predicted molar refractivity (Wildman–Crippen MR) is 84.0 cm³/mol. The molecule has 0 spiro atoms. The van der Waals surface area contributed by atoms with Gasteiger partial charge in [-0.15, -0.1) is 0 Å². The smallest absolute Gasteiger partial charge is 0.340 e. The van der Waals surface area contributed by atoms with Crippen LogP contribution in [0.5, 0.6) is 0 Å². The summed E-state index contributed by atoms with van der Waals surface area (Å²) in [6, 6.07) is 0.838. The van der Waals surface area contributed by atoms with Crippen molar-refractivity contribution in [2.75, 3.05) is 18.5 Å². The van der Waals surface area contributed by atoms with Crippen LogP contribution in [0.1, 0.15) is 37.0 Å². The Morgan fingerprint density at radius 3 is 3.05 bits per heavy atom. The molecular formula is C15H21N5O2. The molecule has 0 unspecified atom stereocenters. The van der Waals surface area contributed by atoms with Gasteiger partial charge in [0.2, 0.25) is 0 Å². The van der Waals surface area contributed by atoms with E-state index >= 15 is 0 Å². The maximum atomic E-state index is 12.1. The van der Waals surface area contributed by atoms with E-state index < -0.39 is 0 Å². The number of hydrogen-bond acceptors (Lipinski definition) is 6. The summed E-state index contributed by atoms with van der Waals surface area (Å²) in [5.74, 6) is 0.317. The molecule has 1 aliphatic rings. The van der Waals surface area contributed by atoms with Gasteiger partial charge < -0.3 is 20.4 Å². The summed E-state index contributed by atoms with van der Waals surface area (Å²) >= 11 is 0. The van der Waals surface area contributed by atoms with Crippen LogP contribution in [0.25, 0.3) is 11.0 Å². The number of H-pyrrole nitrogens is 1. The van der Waals surface area contributed by atoms with Crippen LogP contribution in [-0.4, -0.2) is 46.2 Å². The van der Waals surface area contributed by atoms with E-state index in [1.165, 1.54) is 6.33 Å². The summed E-state index contributed by atoms with van der Waals surface area (Å²) in [5, 5.41) is 7.57. The summed E-state index contributed by atoms with van der Waals surface area (Å²) in [7, 11) is 0. The molecule has 0 bridgehead atoms. The average Bonchev–Trinajstić information content (AvgIpc) is 2.95. The number of esters is 1. The topological polar surface area (TPSA) is 91.9 Å².